The molecule has 0 aliphatic rings. The van der Waals surface area contributed by atoms with Gasteiger partial charge in [0.15, 0.2) is 5.69 Å². The van der Waals surface area contributed by atoms with Crippen molar-refractivity contribution in [2.75, 3.05) is 0 Å². The summed E-state index contributed by atoms with van der Waals surface area (Å²) < 4.78 is 0. The van der Waals surface area contributed by atoms with Gasteiger partial charge >= 0.3 is 0 Å². The van der Waals surface area contributed by atoms with Crippen LogP contribution < -0.4 is 5.73 Å². The molecular weight excluding hydrogens is 186 g/mol. The number of nitrogens with zero attached hydrogens (tertiary/aromatic N) is 2. The molecule has 0 unspecified atom stereocenters. The highest BCUT2D eigenvalue weighted by Gasteiger charge is 2.07. The second-order valence-electron chi connectivity index (χ2n) is 2.73. The van der Waals surface area contributed by atoms with Crippen molar-refractivity contribution in [3.8, 4) is 6.07 Å². The van der Waals surface area contributed by atoms with Gasteiger partial charge < -0.3 is 5.73 Å². The second-order valence-corrected chi connectivity index (χ2v) is 3.13. The Kier molecular flexibility index (Phi) is 3.24. The Labute approximate surface area is 82.1 Å². The molecule has 4 heteroatoms. The van der Waals surface area contributed by atoms with E-state index in [1.807, 2.05) is 13.0 Å². The molecule has 0 fully saturated rings. The van der Waals surface area contributed by atoms with Gasteiger partial charge in [-0.1, -0.05) is 18.5 Å². The number of halogens is 1. The summed E-state index contributed by atoms with van der Waals surface area (Å²) in [6, 6.07) is 3.53. The van der Waals surface area contributed by atoms with Gasteiger partial charge in [-0.3, -0.25) is 0 Å². The molecule has 0 aromatic carbocycles. The quantitative estimate of drug-likeness (QED) is 0.785. The summed E-state index contributed by atoms with van der Waals surface area (Å²) in [6.45, 7) is 1.98. The summed E-state index contributed by atoms with van der Waals surface area (Å²) in [4.78, 5) is 3.89. The van der Waals surface area contributed by atoms with Crippen LogP contribution >= 0.6 is 11.6 Å². The zero-order valence-corrected chi connectivity index (χ0v) is 8.04. The largest absolute Gasteiger partial charge is 0.324 e. The van der Waals surface area contributed by atoms with E-state index in [0.29, 0.717) is 5.02 Å². The first-order chi connectivity index (χ1) is 6.19. The molecule has 1 rings (SSSR count). The molecule has 1 heterocycles. The van der Waals surface area contributed by atoms with Crippen LogP contribution in [-0.4, -0.2) is 4.98 Å². The molecule has 68 valence electrons. The molecule has 13 heavy (non-hydrogen) atoms. The molecular formula is C9H10ClN3. The lowest BCUT2D eigenvalue weighted by atomic mass is 10.1. The van der Waals surface area contributed by atoms with E-state index in [4.69, 9.17) is 22.6 Å². The summed E-state index contributed by atoms with van der Waals surface area (Å²) in [7, 11) is 0. The number of hydrogen-bond acceptors (Lipinski definition) is 3. The minimum absolute atomic E-state index is 0.0576. The van der Waals surface area contributed by atoms with Gasteiger partial charge in [-0.05, 0) is 18.1 Å². The minimum atomic E-state index is -0.0576. The van der Waals surface area contributed by atoms with Gasteiger partial charge in [0.1, 0.15) is 6.07 Å². The Hall–Kier alpha value is -1.11. The fourth-order valence-corrected chi connectivity index (χ4v) is 1.19. The molecule has 0 saturated carbocycles. The lowest BCUT2D eigenvalue weighted by molar-refractivity contribution is 0.695. The zero-order chi connectivity index (χ0) is 9.84. The van der Waals surface area contributed by atoms with E-state index in [1.165, 1.54) is 0 Å². The molecule has 0 spiro atoms. The van der Waals surface area contributed by atoms with E-state index in [0.717, 1.165) is 12.0 Å². The average Bonchev–Trinajstić information content (AvgIpc) is 2.16. The third-order valence-electron chi connectivity index (χ3n) is 1.84. The summed E-state index contributed by atoms with van der Waals surface area (Å²) in [5, 5.41) is 8.94. The number of hydrogen-bond donors (Lipinski definition) is 1. The fraction of sp³-hybridized carbons (Fsp3) is 0.333. The van der Waals surface area contributed by atoms with E-state index in [1.54, 1.807) is 12.3 Å². The molecule has 2 N–H and O–H groups in total. The molecule has 0 aliphatic heterocycles. The molecule has 1 atom stereocenters. The molecule has 0 aliphatic carbocycles. The van der Waals surface area contributed by atoms with Crippen molar-refractivity contribution in [1.82, 2.24) is 4.98 Å². The Morgan fingerprint density at radius 2 is 2.46 bits per heavy atom. The molecule has 0 bridgehead atoms. The maximum absolute atomic E-state index is 8.58. The molecule has 1 aromatic heterocycles. The highest BCUT2D eigenvalue weighted by atomic mass is 35.5. The minimum Gasteiger partial charge on any atom is -0.324 e. The third kappa shape index (κ3) is 2.18. The fourth-order valence-electron chi connectivity index (χ4n) is 0.973. The van der Waals surface area contributed by atoms with Crippen LogP contribution in [0.2, 0.25) is 5.02 Å². The van der Waals surface area contributed by atoms with E-state index >= 15 is 0 Å². The van der Waals surface area contributed by atoms with Crippen molar-refractivity contribution in [3.05, 3.63) is 28.5 Å². The summed E-state index contributed by atoms with van der Waals surface area (Å²) >= 11 is 5.79. The van der Waals surface area contributed by atoms with Crippen molar-refractivity contribution < 1.29 is 0 Å². The van der Waals surface area contributed by atoms with Crippen molar-refractivity contribution in [1.29, 1.82) is 5.26 Å². The summed E-state index contributed by atoms with van der Waals surface area (Å²) in [6.07, 6.45) is 2.42. The Bertz CT molecular complexity index is 343. The number of nitriles is 1. The normalized spacial score (nSPS) is 12.2. The topological polar surface area (TPSA) is 62.7 Å². The van der Waals surface area contributed by atoms with E-state index < -0.39 is 0 Å². The van der Waals surface area contributed by atoms with E-state index in [-0.39, 0.29) is 11.7 Å². The van der Waals surface area contributed by atoms with Crippen LogP contribution in [0.1, 0.15) is 30.6 Å². The van der Waals surface area contributed by atoms with Gasteiger partial charge in [-0.25, -0.2) is 4.98 Å². The highest BCUT2D eigenvalue weighted by Crippen LogP contribution is 2.19. The Morgan fingerprint density at radius 1 is 1.77 bits per heavy atom. The lowest BCUT2D eigenvalue weighted by Gasteiger charge is -2.08. The first kappa shape index (κ1) is 9.97. The van der Waals surface area contributed by atoms with Gasteiger partial charge in [0.2, 0.25) is 0 Å². The monoisotopic (exact) mass is 195 g/mol. The molecule has 0 radical (unpaired) electrons. The lowest BCUT2D eigenvalue weighted by Crippen LogP contribution is -2.09. The van der Waals surface area contributed by atoms with Gasteiger partial charge in [0, 0.05) is 12.2 Å². The number of nitrogens with two attached hydrogens (primary N) is 1. The Balaban J connectivity index is 3.04. The average molecular weight is 196 g/mol. The summed E-state index contributed by atoms with van der Waals surface area (Å²) in [5.74, 6) is 0. The number of rotatable bonds is 2. The van der Waals surface area contributed by atoms with E-state index in [9.17, 15) is 0 Å². The van der Waals surface area contributed by atoms with Crippen LogP contribution in [0.15, 0.2) is 12.3 Å². The van der Waals surface area contributed by atoms with Crippen molar-refractivity contribution in [2.24, 2.45) is 5.73 Å². The van der Waals surface area contributed by atoms with Crippen molar-refractivity contribution in [3.63, 3.8) is 0 Å². The predicted molar refractivity (Wildman–Crippen MR) is 51.2 cm³/mol. The number of aromatic nitrogens is 1. The van der Waals surface area contributed by atoms with Crippen LogP contribution in [0.3, 0.4) is 0 Å². The molecule has 1 aromatic rings. The molecule has 3 nitrogen and oxygen atoms in total. The molecule has 0 saturated heterocycles. The second kappa shape index (κ2) is 4.22. The van der Waals surface area contributed by atoms with Gasteiger partial charge in [-0.2, -0.15) is 5.26 Å². The van der Waals surface area contributed by atoms with Crippen LogP contribution in [0.25, 0.3) is 0 Å². The summed E-state index contributed by atoms with van der Waals surface area (Å²) in [5.41, 5.74) is 6.88. The first-order valence-electron chi connectivity index (χ1n) is 4.00. The molecule has 0 amide bonds. The SMILES string of the molecule is CC[C@@H](N)c1cnc(C#N)c(Cl)c1. The van der Waals surface area contributed by atoms with Crippen molar-refractivity contribution >= 4 is 11.6 Å². The highest BCUT2D eigenvalue weighted by molar-refractivity contribution is 6.31. The third-order valence-corrected chi connectivity index (χ3v) is 2.12. The zero-order valence-electron chi connectivity index (χ0n) is 7.29. The van der Waals surface area contributed by atoms with Gasteiger partial charge in [0.05, 0.1) is 5.02 Å². The van der Waals surface area contributed by atoms with Gasteiger partial charge in [0.25, 0.3) is 0 Å². The van der Waals surface area contributed by atoms with E-state index in [2.05, 4.69) is 4.98 Å². The van der Waals surface area contributed by atoms with Crippen LogP contribution in [0.4, 0.5) is 0 Å². The first-order valence-corrected chi connectivity index (χ1v) is 4.38. The Morgan fingerprint density at radius 3 is 2.92 bits per heavy atom. The smallest absolute Gasteiger partial charge is 0.159 e. The van der Waals surface area contributed by atoms with Crippen LogP contribution in [0.5, 0.6) is 0 Å². The number of pyridine rings is 1. The maximum atomic E-state index is 8.58. The maximum Gasteiger partial charge on any atom is 0.159 e. The van der Waals surface area contributed by atoms with Gasteiger partial charge in [-0.15, -0.1) is 0 Å². The van der Waals surface area contributed by atoms with Crippen LogP contribution in [-0.2, 0) is 0 Å². The predicted octanol–water partition coefficient (Wildman–Crippen LogP) is 2.02. The van der Waals surface area contributed by atoms with Crippen molar-refractivity contribution in [2.45, 2.75) is 19.4 Å². The standard InChI is InChI=1S/C9H10ClN3/c1-2-8(12)6-3-7(10)9(4-11)13-5-6/h3,5,8H,2,12H2,1H3/t8-/m1/s1. The van der Waals surface area contributed by atoms with Crippen LogP contribution in [0, 0.1) is 11.3 Å².